The van der Waals surface area contributed by atoms with Gasteiger partial charge in [0.25, 0.3) is 0 Å². The Bertz CT molecular complexity index is 881. The zero-order valence-corrected chi connectivity index (χ0v) is 14.4. The summed E-state index contributed by atoms with van der Waals surface area (Å²) in [6.45, 7) is 5.69. The molecule has 1 atom stereocenters. The predicted octanol–water partition coefficient (Wildman–Crippen LogP) is 3.65. The summed E-state index contributed by atoms with van der Waals surface area (Å²) in [5.41, 5.74) is 4.59. The number of aliphatic hydroxyl groups is 1. The van der Waals surface area contributed by atoms with Crippen LogP contribution in [0.4, 0.5) is 0 Å². The Labute approximate surface area is 146 Å². The summed E-state index contributed by atoms with van der Waals surface area (Å²) in [6, 6.07) is 11.0. The van der Waals surface area contributed by atoms with E-state index in [2.05, 4.69) is 4.98 Å². The van der Waals surface area contributed by atoms with Crippen LogP contribution in [0.25, 0.3) is 5.69 Å². The average Bonchev–Trinajstić information content (AvgIpc) is 3.08. The molecule has 3 aromatic rings. The molecule has 128 valence electrons. The van der Waals surface area contributed by atoms with Crippen LogP contribution in [0.5, 0.6) is 0 Å². The van der Waals surface area contributed by atoms with Crippen LogP contribution in [0, 0.1) is 20.8 Å². The van der Waals surface area contributed by atoms with Gasteiger partial charge in [-0.2, -0.15) is 0 Å². The van der Waals surface area contributed by atoms with E-state index in [0.717, 1.165) is 22.4 Å². The van der Waals surface area contributed by atoms with Crippen molar-refractivity contribution in [3.63, 3.8) is 0 Å². The minimum absolute atomic E-state index is 0.431. The van der Waals surface area contributed by atoms with Gasteiger partial charge < -0.3 is 14.4 Å². The summed E-state index contributed by atoms with van der Waals surface area (Å²) in [5.74, 6) is -0.549. The molecule has 1 aromatic heterocycles. The second kappa shape index (κ2) is 6.91. The number of carbonyl (C=O) groups excluding carboxylic acids is 1. The van der Waals surface area contributed by atoms with Crippen LogP contribution in [-0.4, -0.2) is 20.6 Å². The summed E-state index contributed by atoms with van der Waals surface area (Å²) >= 11 is 0. The lowest BCUT2D eigenvalue weighted by molar-refractivity contribution is -0.0675. The molecule has 0 saturated carbocycles. The van der Waals surface area contributed by atoms with Crippen LogP contribution in [-0.2, 0) is 4.74 Å². The van der Waals surface area contributed by atoms with E-state index in [4.69, 9.17) is 4.74 Å². The van der Waals surface area contributed by atoms with E-state index in [9.17, 15) is 9.90 Å². The molecule has 2 aromatic carbocycles. The Hall–Kier alpha value is -2.92. The Balaban J connectivity index is 1.84. The molecular weight excluding hydrogens is 316 g/mol. The standard InChI is InChI=1S/C20H20N2O3/c1-13-8-14(2)10-16(9-13)19(23)25-20(24)18-11-17(5-4-15(18)3)22-7-6-21-12-22/h4-12,20,24H,1-3H3. The number of ether oxygens (including phenoxy) is 1. The number of aliphatic hydroxyl groups excluding tert-OH is 1. The minimum atomic E-state index is -1.34. The normalized spacial score (nSPS) is 12.0. The summed E-state index contributed by atoms with van der Waals surface area (Å²) in [6.07, 6.45) is 3.82. The molecular formula is C20H20N2O3. The number of hydrogen-bond donors (Lipinski definition) is 1. The van der Waals surface area contributed by atoms with Gasteiger partial charge >= 0.3 is 5.97 Å². The molecule has 1 heterocycles. The summed E-state index contributed by atoms with van der Waals surface area (Å²) in [7, 11) is 0. The molecule has 0 aliphatic heterocycles. The number of aryl methyl sites for hydroxylation is 3. The number of hydrogen-bond acceptors (Lipinski definition) is 4. The topological polar surface area (TPSA) is 64.3 Å². The monoisotopic (exact) mass is 336 g/mol. The van der Waals surface area contributed by atoms with Crippen molar-refractivity contribution in [2.75, 3.05) is 0 Å². The second-order valence-electron chi connectivity index (χ2n) is 6.14. The molecule has 0 bridgehead atoms. The first-order valence-electron chi connectivity index (χ1n) is 8.00. The van der Waals surface area contributed by atoms with Crippen LogP contribution >= 0.6 is 0 Å². The lowest BCUT2D eigenvalue weighted by atomic mass is 10.1. The third kappa shape index (κ3) is 3.78. The van der Waals surface area contributed by atoms with Crippen molar-refractivity contribution in [1.29, 1.82) is 0 Å². The van der Waals surface area contributed by atoms with Crippen molar-refractivity contribution in [3.8, 4) is 5.69 Å². The molecule has 5 nitrogen and oxygen atoms in total. The van der Waals surface area contributed by atoms with Gasteiger partial charge in [-0.1, -0.05) is 23.3 Å². The first-order valence-corrected chi connectivity index (χ1v) is 8.00. The third-order valence-corrected chi connectivity index (χ3v) is 4.01. The summed E-state index contributed by atoms with van der Waals surface area (Å²) in [4.78, 5) is 16.4. The van der Waals surface area contributed by atoms with Crippen molar-refractivity contribution < 1.29 is 14.6 Å². The number of nitrogens with zero attached hydrogens (tertiary/aromatic N) is 2. The van der Waals surface area contributed by atoms with Gasteiger partial charge in [-0.15, -0.1) is 0 Å². The molecule has 0 aliphatic carbocycles. The van der Waals surface area contributed by atoms with Crippen LogP contribution in [0.2, 0.25) is 0 Å². The molecule has 25 heavy (non-hydrogen) atoms. The molecule has 3 rings (SSSR count). The maximum absolute atomic E-state index is 12.4. The van der Waals surface area contributed by atoms with Gasteiger partial charge in [0.2, 0.25) is 6.29 Å². The molecule has 5 heteroatoms. The fourth-order valence-corrected chi connectivity index (χ4v) is 2.79. The molecule has 1 N–H and O–H groups in total. The molecule has 0 spiro atoms. The average molecular weight is 336 g/mol. The van der Waals surface area contributed by atoms with Crippen LogP contribution in [0.1, 0.15) is 38.9 Å². The minimum Gasteiger partial charge on any atom is -0.428 e. The van der Waals surface area contributed by atoms with Crippen LogP contribution < -0.4 is 0 Å². The van der Waals surface area contributed by atoms with Gasteiger partial charge in [-0.25, -0.2) is 9.78 Å². The van der Waals surface area contributed by atoms with Crippen molar-refractivity contribution in [1.82, 2.24) is 9.55 Å². The number of benzene rings is 2. The van der Waals surface area contributed by atoms with Crippen LogP contribution in [0.15, 0.2) is 55.1 Å². The summed E-state index contributed by atoms with van der Waals surface area (Å²) in [5, 5.41) is 10.4. The lowest BCUT2D eigenvalue weighted by Crippen LogP contribution is -2.13. The highest BCUT2D eigenvalue weighted by molar-refractivity contribution is 5.90. The maximum Gasteiger partial charge on any atom is 0.340 e. The molecule has 1 unspecified atom stereocenters. The Kier molecular flexibility index (Phi) is 4.67. The zero-order chi connectivity index (χ0) is 18.0. The predicted molar refractivity (Wildman–Crippen MR) is 94.6 cm³/mol. The maximum atomic E-state index is 12.4. The quantitative estimate of drug-likeness (QED) is 0.583. The Morgan fingerprint density at radius 2 is 1.84 bits per heavy atom. The summed E-state index contributed by atoms with van der Waals surface area (Å²) < 4.78 is 7.10. The first-order chi connectivity index (χ1) is 11.9. The Morgan fingerprint density at radius 3 is 2.48 bits per heavy atom. The Morgan fingerprint density at radius 1 is 1.12 bits per heavy atom. The number of rotatable bonds is 4. The number of esters is 1. The van der Waals surface area contributed by atoms with Gasteiger partial charge in [0, 0.05) is 23.6 Å². The van der Waals surface area contributed by atoms with Crippen molar-refractivity contribution >= 4 is 5.97 Å². The third-order valence-electron chi connectivity index (χ3n) is 4.01. The number of aromatic nitrogens is 2. The highest BCUT2D eigenvalue weighted by Gasteiger charge is 2.18. The SMILES string of the molecule is Cc1cc(C)cc(C(=O)OC(O)c2cc(-n3ccnc3)ccc2C)c1. The molecule has 0 aliphatic rings. The molecule has 0 fully saturated rings. The van der Waals surface area contributed by atoms with E-state index < -0.39 is 12.3 Å². The van der Waals surface area contributed by atoms with E-state index in [1.165, 1.54) is 0 Å². The van der Waals surface area contributed by atoms with E-state index in [0.29, 0.717) is 11.1 Å². The van der Waals surface area contributed by atoms with E-state index in [1.807, 2.05) is 49.7 Å². The molecule has 0 radical (unpaired) electrons. The highest BCUT2D eigenvalue weighted by Crippen LogP contribution is 2.24. The number of imidazole rings is 1. The van der Waals surface area contributed by atoms with Crippen molar-refractivity contribution in [2.24, 2.45) is 0 Å². The van der Waals surface area contributed by atoms with Gasteiger partial charge in [0.15, 0.2) is 0 Å². The molecule has 0 amide bonds. The largest absolute Gasteiger partial charge is 0.428 e. The fourth-order valence-electron chi connectivity index (χ4n) is 2.79. The zero-order valence-electron chi connectivity index (χ0n) is 14.4. The van der Waals surface area contributed by atoms with Crippen molar-refractivity contribution in [2.45, 2.75) is 27.1 Å². The highest BCUT2D eigenvalue weighted by atomic mass is 16.6. The van der Waals surface area contributed by atoms with Crippen molar-refractivity contribution in [3.05, 3.63) is 82.9 Å². The lowest BCUT2D eigenvalue weighted by Gasteiger charge is -2.16. The second-order valence-corrected chi connectivity index (χ2v) is 6.14. The van der Waals surface area contributed by atoms with Gasteiger partial charge in [0.1, 0.15) is 0 Å². The van der Waals surface area contributed by atoms with E-state index >= 15 is 0 Å². The first kappa shape index (κ1) is 16.9. The smallest absolute Gasteiger partial charge is 0.340 e. The van der Waals surface area contributed by atoms with Gasteiger partial charge in [-0.3, -0.25) is 0 Å². The van der Waals surface area contributed by atoms with Gasteiger partial charge in [0.05, 0.1) is 11.9 Å². The van der Waals surface area contributed by atoms with Crippen LogP contribution in [0.3, 0.4) is 0 Å². The molecule has 0 saturated heterocycles. The van der Waals surface area contributed by atoms with Gasteiger partial charge in [-0.05, 0) is 50.6 Å². The van der Waals surface area contributed by atoms with E-state index in [1.54, 1.807) is 30.7 Å². The van der Waals surface area contributed by atoms with E-state index in [-0.39, 0.29) is 0 Å². The number of carbonyl (C=O) groups is 1. The fraction of sp³-hybridized carbons (Fsp3) is 0.200.